The van der Waals surface area contributed by atoms with Crippen LogP contribution in [-0.2, 0) is 23.1 Å². The molecule has 0 radical (unpaired) electrons. The molecule has 1 aromatic carbocycles. The van der Waals surface area contributed by atoms with Crippen molar-refractivity contribution in [2.24, 2.45) is 0 Å². The lowest BCUT2D eigenvalue weighted by Crippen LogP contribution is -2.43. The Morgan fingerprint density at radius 3 is 2.53 bits per heavy atom. The lowest BCUT2D eigenvalue weighted by Gasteiger charge is -2.40. The van der Waals surface area contributed by atoms with Gasteiger partial charge < -0.3 is 5.11 Å². The Hall–Kier alpha value is -1.31. The fraction of sp³-hybridized carbons (Fsp3) is 0.533. The first kappa shape index (κ1) is 10.8. The Morgan fingerprint density at radius 2 is 1.88 bits per heavy atom. The van der Waals surface area contributed by atoms with Gasteiger partial charge in [-0.2, -0.15) is 0 Å². The number of aryl methyl sites for hydroxylation is 1. The molecule has 0 bridgehead atoms. The first-order valence-electron chi connectivity index (χ1n) is 6.59. The number of carbonyl (C=O) groups is 1. The van der Waals surface area contributed by atoms with Gasteiger partial charge in [0.05, 0.1) is 5.41 Å². The second-order valence-corrected chi connectivity index (χ2v) is 5.39. The van der Waals surface area contributed by atoms with Crippen LogP contribution in [0.3, 0.4) is 0 Å². The Bertz CT molecular complexity index is 458. The summed E-state index contributed by atoms with van der Waals surface area (Å²) in [5.74, 6) is -0.622. The molecule has 3 rings (SSSR count). The van der Waals surface area contributed by atoms with Crippen molar-refractivity contribution in [1.82, 2.24) is 0 Å². The summed E-state index contributed by atoms with van der Waals surface area (Å²) < 4.78 is 0. The molecule has 2 aliphatic rings. The molecule has 0 unspecified atom stereocenters. The van der Waals surface area contributed by atoms with E-state index in [2.05, 4.69) is 12.1 Å². The van der Waals surface area contributed by atoms with E-state index in [1.165, 1.54) is 24.0 Å². The minimum Gasteiger partial charge on any atom is -0.481 e. The fourth-order valence-corrected chi connectivity index (χ4v) is 3.36. The molecule has 0 aromatic heterocycles. The van der Waals surface area contributed by atoms with E-state index < -0.39 is 11.4 Å². The van der Waals surface area contributed by atoms with Crippen LogP contribution in [0.2, 0.25) is 0 Å². The van der Waals surface area contributed by atoms with Crippen molar-refractivity contribution < 1.29 is 9.90 Å². The average Bonchev–Trinajstić information content (AvgIpc) is 2.27. The summed E-state index contributed by atoms with van der Waals surface area (Å²) in [6.07, 6.45) is 7.34. The van der Waals surface area contributed by atoms with E-state index in [9.17, 15) is 9.90 Å². The van der Waals surface area contributed by atoms with Gasteiger partial charge in [0.25, 0.3) is 0 Å². The minimum atomic E-state index is -0.622. The van der Waals surface area contributed by atoms with Crippen molar-refractivity contribution in [3.8, 4) is 0 Å². The summed E-state index contributed by atoms with van der Waals surface area (Å²) in [4.78, 5) is 11.6. The van der Waals surface area contributed by atoms with Crippen molar-refractivity contribution in [2.45, 2.75) is 50.4 Å². The van der Waals surface area contributed by atoms with Crippen LogP contribution in [0.5, 0.6) is 0 Å². The topological polar surface area (TPSA) is 37.3 Å². The van der Waals surface area contributed by atoms with Gasteiger partial charge >= 0.3 is 5.97 Å². The molecule has 2 aliphatic carbocycles. The Morgan fingerprint density at radius 1 is 1.12 bits per heavy atom. The van der Waals surface area contributed by atoms with Crippen molar-refractivity contribution in [2.75, 3.05) is 0 Å². The SMILES string of the molecule is O=C(O)C1(c2cccc3c2CCCC3)CCC1. The zero-order chi connectivity index (χ0) is 11.9. The van der Waals surface area contributed by atoms with Crippen molar-refractivity contribution in [1.29, 1.82) is 0 Å². The van der Waals surface area contributed by atoms with Gasteiger partial charge in [0.1, 0.15) is 0 Å². The van der Waals surface area contributed by atoms with Crippen LogP contribution < -0.4 is 0 Å². The molecule has 0 spiro atoms. The molecule has 17 heavy (non-hydrogen) atoms. The number of hydrogen-bond donors (Lipinski definition) is 1. The normalized spacial score (nSPS) is 21.4. The first-order chi connectivity index (χ1) is 8.24. The van der Waals surface area contributed by atoms with E-state index >= 15 is 0 Å². The number of fused-ring (bicyclic) bond motifs is 1. The summed E-state index contributed by atoms with van der Waals surface area (Å²) >= 11 is 0. The van der Waals surface area contributed by atoms with E-state index in [1.807, 2.05) is 6.07 Å². The highest BCUT2D eigenvalue weighted by molar-refractivity contribution is 5.83. The van der Waals surface area contributed by atoms with Gasteiger partial charge in [-0.15, -0.1) is 0 Å². The maximum Gasteiger partial charge on any atom is 0.314 e. The maximum absolute atomic E-state index is 11.6. The fourth-order valence-electron chi connectivity index (χ4n) is 3.36. The zero-order valence-electron chi connectivity index (χ0n) is 10.0. The summed E-state index contributed by atoms with van der Waals surface area (Å²) in [5, 5.41) is 9.54. The van der Waals surface area contributed by atoms with E-state index in [-0.39, 0.29) is 0 Å². The van der Waals surface area contributed by atoms with Crippen LogP contribution in [0, 0.1) is 0 Å². The largest absolute Gasteiger partial charge is 0.481 e. The summed E-state index contributed by atoms with van der Waals surface area (Å²) in [6.45, 7) is 0. The highest BCUT2D eigenvalue weighted by Gasteiger charge is 2.47. The second-order valence-electron chi connectivity index (χ2n) is 5.39. The van der Waals surface area contributed by atoms with Crippen LogP contribution in [0.15, 0.2) is 18.2 Å². The van der Waals surface area contributed by atoms with Crippen LogP contribution in [0.25, 0.3) is 0 Å². The number of aliphatic carboxylic acids is 1. The van der Waals surface area contributed by atoms with Crippen LogP contribution in [-0.4, -0.2) is 11.1 Å². The molecule has 90 valence electrons. The van der Waals surface area contributed by atoms with Gasteiger partial charge in [0.2, 0.25) is 0 Å². The zero-order valence-corrected chi connectivity index (χ0v) is 10.0. The molecule has 0 aliphatic heterocycles. The van der Waals surface area contributed by atoms with E-state index in [0.717, 1.165) is 37.7 Å². The Balaban J connectivity index is 2.11. The molecule has 0 atom stereocenters. The van der Waals surface area contributed by atoms with Gasteiger partial charge in [-0.25, -0.2) is 0 Å². The van der Waals surface area contributed by atoms with Gasteiger partial charge in [-0.05, 0) is 55.2 Å². The van der Waals surface area contributed by atoms with Gasteiger partial charge in [0.15, 0.2) is 0 Å². The molecule has 0 heterocycles. The predicted octanol–water partition coefficient (Wildman–Crippen LogP) is 3.07. The molecular weight excluding hydrogens is 212 g/mol. The molecule has 2 heteroatoms. The summed E-state index contributed by atoms with van der Waals surface area (Å²) in [5.41, 5.74) is 3.30. The van der Waals surface area contributed by atoms with Crippen LogP contribution in [0.4, 0.5) is 0 Å². The van der Waals surface area contributed by atoms with Crippen molar-refractivity contribution in [3.05, 3.63) is 34.9 Å². The number of hydrogen-bond acceptors (Lipinski definition) is 1. The van der Waals surface area contributed by atoms with Gasteiger partial charge in [0, 0.05) is 0 Å². The average molecular weight is 230 g/mol. The second kappa shape index (κ2) is 3.86. The first-order valence-corrected chi connectivity index (χ1v) is 6.59. The summed E-state index contributed by atoms with van der Waals surface area (Å²) in [6, 6.07) is 6.27. The third kappa shape index (κ3) is 1.50. The Labute approximate surface area is 102 Å². The molecule has 0 amide bonds. The molecule has 2 nitrogen and oxygen atoms in total. The summed E-state index contributed by atoms with van der Waals surface area (Å²) in [7, 11) is 0. The molecule has 1 aromatic rings. The molecule has 0 saturated heterocycles. The van der Waals surface area contributed by atoms with E-state index in [4.69, 9.17) is 0 Å². The molecule has 1 saturated carbocycles. The van der Waals surface area contributed by atoms with E-state index in [1.54, 1.807) is 0 Å². The predicted molar refractivity (Wildman–Crippen MR) is 66.2 cm³/mol. The maximum atomic E-state index is 11.6. The number of benzene rings is 1. The van der Waals surface area contributed by atoms with Crippen LogP contribution in [0.1, 0.15) is 48.8 Å². The number of carboxylic acids is 1. The van der Waals surface area contributed by atoms with Gasteiger partial charge in [-0.1, -0.05) is 24.6 Å². The third-order valence-electron chi connectivity index (χ3n) is 4.53. The highest BCUT2D eigenvalue weighted by Crippen LogP contribution is 2.46. The number of rotatable bonds is 2. The molecular formula is C15H18O2. The Kier molecular flexibility index (Phi) is 2.46. The molecule has 1 fully saturated rings. The van der Waals surface area contributed by atoms with Crippen molar-refractivity contribution >= 4 is 5.97 Å². The molecule has 1 N–H and O–H groups in total. The smallest absolute Gasteiger partial charge is 0.314 e. The van der Waals surface area contributed by atoms with Crippen molar-refractivity contribution in [3.63, 3.8) is 0 Å². The minimum absolute atomic E-state index is 0.553. The lowest BCUT2D eigenvalue weighted by atomic mass is 9.62. The quantitative estimate of drug-likeness (QED) is 0.847. The van der Waals surface area contributed by atoms with Gasteiger partial charge in [-0.3, -0.25) is 4.79 Å². The van der Waals surface area contributed by atoms with Crippen LogP contribution >= 0.6 is 0 Å². The third-order valence-corrected chi connectivity index (χ3v) is 4.53. The monoisotopic (exact) mass is 230 g/mol. The lowest BCUT2D eigenvalue weighted by molar-refractivity contribution is -0.147. The number of carboxylic acid groups (broad SMARTS) is 1. The standard InChI is InChI=1S/C15H18O2/c16-14(17)15(9-4-10-15)13-8-3-6-11-5-1-2-7-12(11)13/h3,6,8H,1-2,4-5,7,9-10H2,(H,16,17). The van der Waals surface area contributed by atoms with E-state index in [0.29, 0.717) is 0 Å². The highest BCUT2D eigenvalue weighted by atomic mass is 16.4.